The number of hydrogen-bond donors (Lipinski definition) is 2. The third-order valence-corrected chi connectivity index (χ3v) is 6.33. The summed E-state index contributed by atoms with van der Waals surface area (Å²) < 4.78 is 5.53. The second kappa shape index (κ2) is 12.3. The van der Waals surface area contributed by atoms with Gasteiger partial charge in [0.2, 0.25) is 0 Å². The molecule has 2 aliphatic rings. The number of nitrogens with zero attached hydrogens (tertiary/aromatic N) is 3. The van der Waals surface area contributed by atoms with Gasteiger partial charge >= 0.3 is 0 Å². The maximum Gasteiger partial charge on any atom is 0.191 e. The Balaban J connectivity index is 0.00000289. The summed E-state index contributed by atoms with van der Waals surface area (Å²) in [4.78, 5) is 9.38. The number of aliphatic imine (C=N–C) groups is 1. The van der Waals surface area contributed by atoms with Crippen LogP contribution in [0.3, 0.4) is 0 Å². The summed E-state index contributed by atoms with van der Waals surface area (Å²) in [5.74, 6) is 1.84. The summed E-state index contributed by atoms with van der Waals surface area (Å²) >= 11 is 0. The minimum Gasteiger partial charge on any atom is -0.495 e. The van der Waals surface area contributed by atoms with Gasteiger partial charge in [-0.15, -0.1) is 24.0 Å². The van der Waals surface area contributed by atoms with Crippen molar-refractivity contribution < 1.29 is 4.74 Å². The number of para-hydroxylation sites is 2. The summed E-state index contributed by atoms with van der Waals surface area (Å²) in [7, 11) is 3.59. The Hall–Kier alpha value is -2.00. The highest BCUT2D eigenvalue weighted by atomic mass is 127. The van der Waals surface area contributed by atoms with Crippen LogP contribution < -0.4 is 20.3 Å². The molecule has 0 aromatic heterocycles. The molecule has 1 saturated heterocycles. The van der Waals surface area contributed by atoms with Crippen molar-refractivity contribution in [2.45, 2.75) is 31.8 Å². The van der Waals surface area contributed by atoms with Gasteiger partial charge in [-0.3, -0.25) is 9.89 Å². The number of fused-ring (bicyclic) bond motifs is 1. The maximum atomic E-state index is 5.53. The fourth-order valence-corrected chi connectivity index (χ4v) is 4.63. The van der Waals surface area contributed by atoms with Crippen molar-refractivity contribution in [3.8, 4) is 5.75 Å². The molecule has 7 heteroatoms. The van der Waals surface area contributed by atoms with Crippen LogP contribution >= 0.6 is 24.0 Å². The van der Waals surface area contributed by atoms with Crippen LogP contribution in [0.15, 0.2) is 53.5 Å². The SMILES string of the molecule is CN=C(NCCCN1CCc2ccccc2C1)NC1CCN(c2ccccc2OC)C1.I. The van der Waals surface area contributed by atoms with Crippen LogP contribution in [0.4, 0.5) is 5.69 Å². The van der Waals surface area contributed by atoms with Gasteiger partial charge in [-0.2, -0.15) is 0 Å². The average molecular weight is 550 g/mol. The Morgan fingerprint density at radius 3 is 2.69 bits per heavy atom. The lowest BCUT2D eigenvalue weighted by molar-refractivity contribution is 0.251. The van der Waals surface area contributed by atoms with E-state index in [9.17, 15) is 0 Å². The average Bonchev–Trinajstić information content (AvgIpc) is 3.29. The van der Waals surface area contributed by atoms with Crippen molar-refractivity contribution in [2.24, 2.45) is 4.99 Å². The van der Waals surface area contributed by atoms with E-state index >= 15 is 0 Å². The van der Waals surface area contributed by atoms with Crippen LogP contribution in [0.25, 0.3) is 0 Å². The third-order valence-electron chi connectivity index (χ3n) is 6.33. The van der Waals surface area contributed by atoms with Crippen molar-refractivity contribution in [3.63, 3.8) is 0 Å². The van der Waals surface area contributed by atoms with E-state index in [1.807, 2.05) is 19.2 Å². The lowest BCUT2D eigenvalue weighted by atomic mass is 10.00. The van der Waals surface area contributed by atoms with Gasteiger partial charge in [0.25, 0.3) is 0 Å². The molecule has 2 aromatic carbocycles. The molecule has 0 aliphatic carbocycles. The van der Waals surface area contributed by atoms with Gasteiger partial charge in [-0.05, 0) is 42.5 Å². The summed E-state index contributed by atoms with van der Waals surface area (Å²) in [5, 5.41) is 7.10. The first-order valence-corrected chi connectivity index (χ1v) is 11.4. The maximum absolute atomic E-state index is 5.53. The number of halogens is 1. The molecule has 6 nitrogen and oxygen atoms in total. The minimum absolute atomic E-state index is 0. The largest absolute Gasteiger partial charge is 0.495 e. The van der Waals surface area contributed by atoms with E-state index in [4.69, 9.17) is 4.74 Å². The van der Waals surface area contributed by atoms with Crippen LogP contribution in [0.1, 0.15) is 24.0 Å². The number of nitrogens with one attached hydrogen (secondary N) is 2. The van der Waals surface area contributed by atoms with Crippen LogP contribution in [0, 0.1) is 0 Å². The Kier molecular flexibility index (Phi) is 9.47. The van der Waals surface area contributed by atoms with E-state index in [-0.39, 0.29) is 24.0 Å². The van der Waals surface area contributed by atoms with Crippen LogP contribution in [0.5, 0.6) is 5.75 Å². The fourth-order valence-electron chi connectivity index (χ4n) is 4.63. The van der Waals surface area contributed by atoms with Crippen molar-refractivity contribution in [2.75, 3.05) is 51.8 Å². The second-order valence-electron chi connectivity index (χ2n) is 8.40. The summed E-state index contributed by atoms with van der Waals surface area (Å²) in [6.45, 7) is 6.25. The molecule has 0 saturated carbocycles. The van der Waals surface area contributed by atoms with Gasteiger partial charge in [0, 0.05) is 52.4 Å². The number of guanidine groups is 1. The highest BCUT2D eigenvalue weighted by Gasteiger charge is 2.25. The molecule has 0 spiro atoms. The number of ether oxygens (including phenoxy) is 1. The van der Waals surface area contributed by atoms with Gasteiger partial charge in [-0.1, -0.05) is 36.4 Å². The van der Waals surface area contributed by atoms with E-state index in [0.29, 0.717) is 6.04 Å². The zero-order valence-corrected chi connectivity index (χ0v) is 21.5. The van der Waals surface area contributed by atoms with Crippen molar-refractivity contribution in [1.29, 1.82) is 0 Å². The molecule has 1 atom stereocenters. The number of anilines is 1. The van der Waals surface area contributed by atoms with Gasteiger partial charge in [0.1, 0.15) is 5.75 Å². The minimum atomic E-state index is 0. The van der Waals surface area contributed by atoms with Gasteiger partial charge < -0.3 is 20.3 Å². The topological polar surface area (TPSA) is 52.1 Å². The molecule has 4 rings (SSSR count). The van der Waals surface area contributed by atoms with Gasteiger partial charge in [0.15, 0.2) is 5.96 Å². The molecule has 2 aliphatic heterocycles. The first kappa shape index (κ1) is 24.6. The molecular formula is C25H36IN5O. The molecule has 2 aromatic rings. The lowest BCUT2D eigenvalue weighted by Crippen LogP contribution is -2.45. The number of rotatable bonds is 7. The van der Waals surface area contributed by atoms with E-state index in [1.165, 1.54) is 16.8 Å². The molecule has 2 N–H and O–H groups in total. The van der Waals surface area contributed by atoms with E-state index < -0.39 is 0 Å². The van der Waals surface area contributed by atoms with E-state index in [0.717, 1.165) is 70.2 Å². The van der Waals surface area contributed by atoms with E-state index in [1.54, 1.807) is 7.11 Å². The molecule has 32 heavy (non-hydrogen) atoms. The van der Waals surface area contributed by atoms with Crippen molar-refractivity contribution in [1.82, 2.24) is 15.5 Å². The Morgan fingerprint density at radius 1 is 1.09 bits per heavy atom. The Bertz CT molecular complexity index is 890. The van der Waals surface area contributed by atoms with E-state index in [2.05, 4.69) is 61.8 Å². The van der Waals surface area contributed by atoms with Crippen LogP contribution in [-0.4, -0.2) is 63.8 Å². The highest BCUT2D eigenvalue weighted by Crippen LogP contribution is 2.30. The predicted octanol–water partition coefficient (Wildman–Crippen LogP) is 3.51. The number of methoxy groups -OCH3 is 1. The zero-order valence-electron chi connectivity index (χ0n) is 19.2. The van der Waals surface area contributed by atoms with Crippen molar-refractivity contribution in [3.05, 3.63) is 59.7 Å². The molecule has 2 heterocycles. The molecule has 1 unspecified atom stereocenters. The number of benzene rings is 2. The summed E-state index contributed by atoms with van der Waals surface area (Å²) in [6, 6.07) is 17.5. The molecule has 1 fully saturated rings. The van der Waals surface area contributed by atoms with Gasteiger partial charge in [-0.25, -0.2) is 0 Å². The molecule has 0 bridgehead atoms. The van der Waals surface area contributed by atoms with Crippen LogP contribution in [-0.2, 0) is 13.0 Å². The highest BCUT2D eigenvalue weighted by molar-refractivity contribution is 14.0. The first-order valence-electron chi connectivity index (χ1n) is 11.4. The second-order valence-corrected chi connectivity index (χ2v) is 8.40. The van der Waals surface area contributed by atoms with Gasteiger partial charge in [0.05, 0.1) is 12.8 Å². The normalized spacial score (nSPS) is 18.6. The quantitative estimate of drug-likeness (QED) is 0.240. The predicted molar refractivity (Wildman–Crippen MR) is 144 cm³/mol. The molecular weight excluding hydrogens is 513 g/mol. The monoisotopic (exact) mass is 549 g/mol. The Labute approximate surface area is 209 Å². The zero-order chi connectivity index (χ0) is 21.5. The van der Waals surface area contributed by atoms with Crippen LogP contribution in [0.2, 0.25) is 0 Å². The fraction of sp³-hybridized carbons (Fsp3) is 0.480. The molecule has 174 valence electrons. The Morgan fingerprint density at radius 2 is 1.88 bits per heavy atom. The smallest absolute Gasteiger partial charge is 0.191 e. The standard InChI is InChI=1S/C25H35N5O.HI/c1-26-25(27-14-7-15-29-16-12-20-8-3-4-9-21(20)18-29)28-22-13-17-30(19-22)23-10-5-6-11-24(23)31-2;/h3-6,8-11,22H,7,12-19H2,1-2H3,(H2,26,27,28);1H. The third kappa shape index (κ3) is 6.28. The first-order chi connectivity index (χ1) is 15.3. The summed E-state index contributed by atoms with van der Waals surface area (Å²) in [6.07, 6.45) is 3.37. The summed E-state index contributed by atoms with van der Waals surface area (Å²) in [5.41, 5.74) is 4.17. The number of hydrogen-bond acceptors (Lipinski definition) is 4. The molecule has 0 amide bonds. The van der Waals surface area contributed by atoms with Crippen molar-refractivity contribution >= 4 is 35.6 Å². The lowest BCUT2D eigenvalue weighted by Gasteiger charge is -2.28. The molecule has 0 radical (unpaired) electrons.